The van der Waals surface area contributed by atoms with Crippen molar-refractivity contribution >= 4 is 15.9 Å². The number of halogens is 1. The van der Waals surface area contributed by atoms with Gasteiger partial charge in [0.05, 0.1) is 0 Å². The Morgan fingerprint density at radius 3 is 2.46 bits per heavy atom. The second-order valence-corrected chi connectivity index (χ2v) is 4.76. The fraction of sp³-hybridized carbons (Fsp3) is 0.833. The van der Waals surface area contributed by atoms with E-state index in [9.17, 15) is 0 Å². The van der Waals surface area contributed by atoms with Gasteiger partial charge in [-0.15, -0.1) is 0 Å². The van der Waals surface area contributed by atoms with E-state index in [2.05, 4.69) is 41.9 Å². The fourth-order valence-corrected chi connectivity index (χ4v) is 1.98. The highest BCUT2D eigenvalue weighted by Crippen LogP contribution is 2.10. The van der Waals surface area contributed by atoms with Crippen molar-refractivity contribution in [3.63, 3.8) is 0 Å². The van der Waals surface area contributed by atoms with Crippen molar-refractivity contribution < 1.29 is 0 Å². The van der Waals surface area contributed by atoms with Crippen molar-refractivity contribution in [3.8, 4) is 0 Å². The summed E-state index contributed by atoms with van der Waals surface area (Å²) in [5, 5.41) is 0. The molecule has 0 N–H and O–H groups in total. The van der Waals surface area contributed by atoms with Crippen LogP contribution in [0.25, 0.3) is 0 Å². The monoisotopic (exact) mass is 246 g/mol. The lowest BCUT2D eigenvalue weighted by Crippen LogP contribution is -1.89. The molecule has 0 radical (unpaired) electrons. The normalized spacial score (nSPS) is 13.8. The van der Waals surface area contributed by atoms with Crippen molar-refractivity contribution in [2.45, 2.75) is 63.6 Å². The number of alkyl halides is 1. The van der Waals surface area contributed by atoms with Crippen LogP contribution in [0.5, 0.6) is 0 Å². The molecule has 0 heterocycles. The van der Waals surface area contributed by atoms with Crippen LogP contribution < -0.4 is 0 Å². The van der Waals surface area contributed by atoms with Crippen LogP contribution in [0.4, 0.5) is 0 Å². The summed E-state index contributed by atoms with van der Waals surface area (Å²) in [6.45, 7) is 4.48. The van der Waals surface area contributed by atoms with Gasteiger partial charge in [-0.1, -0.05) is 67.6 Å². The summed E-state index contributed by atoms with van der Waals surface area (Å²) in [7, 11) is 0. The Morgan fingerprint density at radius 2 is 1.85 bits per heavy atom. The summed E-state index contributed by atoms with van der Waals surface area (Å²) in [5.74, 6) is 0. The van der Waals surface area contributed by atoms with E-state index in [-0.39, 0.29) is 0 Å². The number of allylic oxidation sites excluding steroid dienone is 2. The van der Waals surface area contributed by atoms with E-state index >= 15 is 0 Å². The second kappa shape index (κ2) is 10.3. The Hall–Kier alpha value is 0.220. The zero-order valence-corrected chi connectivity index (χ0v) is 10.6. The molecule has 0 aromatic rings. The van der Waals surface area contributed by atoms with Crippen LogP contribution in [0.15, 0.2) is 12.2 Å². The molecule has 0 spiro atoms. The zero-order valence-electron chi connectivity index (χ0n) is 9.06. The first-order valence-corrected chi connectivity index (χ1v) is 6.53. The zero-order chi connectivity index (χ0) is 9.94. The van der Waals surface area contributed by atoms with Gasteiger partial charge in [-0.3, -0.25) is 0 Å². The van der Waals surface area contributed by atoms with Crippen molar-refractivity contribution in [1.29, 1.82) is 0 Å². The molecular weight excluding hydrogens is 224 g/mol. The Morgan fingerprint density at radius 1 is 1.08 bits per heavy atom. The van der Waals surface area contributed by atoms with E-state index in [1.54, 1.807) is 0 Å². The van der Waals surface area contributed by atoms with Crippen LogP contribution in [-0.2, 0) is 0 Å². The molecule has 1 unspecified atom stereocenters. The maximum absolute atomic E-state index is 3.63. The average Bonchev–Trinajstić information content (AvgIpc) is 2.11. The summed E-state index contributed by atoms with van der Waals surface area (Å²) in [6, 6.07) is 0. The lowest BCUT2D eigenvalue weighted by atomic mass is 10.1. The second-order valence-electron chi connectivity index (χ2n) is 3.58. The molecule has 0 aliphatic heterocycles. The van der Waals surface area contributed by atoms with Gasteiger partial charge in [-0.2, -0.15) is 0 Å². The van der Waals surface area contributed by atoms with Crippen LogP contribution in [-0.4, -0.2) is 4.83 Å². The van der Waals surface area contributed by atoms with E-state index in [0.717, 1.165) is 0 Å². The van der Waals surface area contributed by atoms with E-state index in [4.69, 9.17) is 0 Å². The van der Waals surface area contributed by atoms with E-state index in [0.29, 0.717) is 4.83 Å². The minimum atomic E-state index is 0.601. The number of hydrogen-bond donors (Lipinski definition) is 0. The molecule has 0 saturated heterocycles. The highest BCUT2D eigenvalue weighted by atomic mass is 79.9. The first-order valence-electron chi connectivity index (χ1n) is 5.62. The molecule has 78 valence electrons. The minimum Gasteiger partial charge on any atom is -0.0874 e. The lowest BCUT2D eigenvalue weighted by molar-refractivity contribution is 0.673. The third-order valence-electron chi connectivity index (χ3n) is 2.13. The first-order chi connectivity index (χ1) is 6.31. The summed E-state index contributed by atoms with van der Waals surface area (Å²) in [5.41, 5.74) is 0. The Bertz CT molecular complexity index is 118. The summed E-state index contributed by atoms with van der Waals surface area (Å²) < 4.78 is 0. The summed E-state index contributed by atoms with van der Waals surface area (Å²) >= 11 is 3.63. The standard InChI is InChI=1S/C12H23Br/c1-3-5-6-7-8-9-11-12(13)10-4-2/h9,11-12H,3-8,10H2,1-2H3. The van der Waals surface area contributed by atoms with Gasteiger partial charge < -0.3 is 0 Å². The lowest BCUT2D eigenvalue weighted by Gasteiger charge is -2.00. The third-order valence-corrected chi connectivity index (χ3v) is 2.90. The van der Waals surface area contributed by atoms with Crippen LogP contribution in [0.1, 0.15) is 58.8 Å². The maximum atomic E-state index is 3.63. The molecule has 0 aromatic carbocycles. The molecule has 0 aliphatic carbocycles. The third kappa shape index (κ3) is 10.1. The average molecular weight is 247 g/mol. The molecule has 1 atom stereocenters. The predicted molar refractivity (Wildman–Crippen MR) is 65.5 cm³/mol. The van der Waals surface area contributed by atoms with Gasteiger partial charge in [0.25, 0.3) is 0 Å². The van der Waals surface area contributed by atoms with E-state index < -0.39 is 0 Å². The molecule has 0 aliphatic rings. The highest BCUT2D eigenvalue weighted by molar-refractivity contribution is 9.09. The topological polar surface area (TPSA) is 0 Å². The molecule has 0 aromatic heterocycles. The van der Waals surface area contributed by atoms with Gasteiger partial charge in [-0.25, -0.2) is 0 Å². The Kier molecular flexibility index (Phi) is 10.5. The van der Waals surface area contributed by atoms with Gasteiger partial charge >= 0.3 is 0 Å². The predicted octanol–water partition coefficient (Wildman–Crippen LogP) is 5.08. The van der Waals surface area contributed by atoms with Crippen LogP contribution in [0.2, 0.25) is 0 Å². The quantitative estimate of drug-likeness (QED) is 0.319. The maximum Gasteiger partial charge on any atom is 0.0325 e. The molecular formula is C12H23Br. The number of hydrogen-bond acceptors (Lipinski definition) is 0. The molecule has 1 heteroatoms. The van der Waals surface area contributed by atoms with Crippen LogP contribution in [0, 0.1) is 0 Å². The van der Waals surface area contributed by atoms with Crippen molar-refractivity contribution in [2.75, 3.05) is 0 Å². The SMILES string of the molecule is CCCCCCC=CC(Br)CCC. The van der Waals surface area contributed by atoms with E-state index in [1.807, 2.05) is 0 Å². The minimum absolute atomic E-state index is 0.601. The molecule has 0 saturated carbocycles. The smallest absolute Gasteiger partial charge is 0.0325 e. The molecule has 0 nitrogen and oxygen atoms in total. The Labute approximate surface area is 91.9 Å². The van der Waals surface area contributed by atoms with Gasteiger partial charge in [0.15, 0.2) is 0 Å². The number of unbranched alkanes of at least 4 members (excludes halogenated alkanes) is 4. The van der Waals surface area contributed by atoms with Crippen LogP contribution in [0.3, 0.4) is 0 Å². The largest absolute Gasteiger partial charge is 0.0874 e. The molecule has 0 fully saturated rings. The highest BCUT2D eigenvalue weighted by Gasteiger charge is 1.94. The number of rotatable bonds is 8. The summed E-state index contributed by atoms with van der Waals surface area (Å²) in [4.78, 5) is 0.601. The van der Waals surface area contributed by atoms with Crippen molar-refractivity contribution in [2.24, 2.45) is 0 Å². The molecule has 0 amide bonds. The molecule has 0 rings (SSSR count). The van der Waals surface area contributed by atoms with Gasteiger partial charge in [0.1, 0.15) is 0 Å². The molecule has 13 heavy (non-hydrogen) atoms. The van der Waals surface area contributed by atoms with Gasteiger partial charge in [0, 0.05) is 4.83 Å². The molecule has 0 bridgehead atoms. The summed E-state index contributed by atoms with van der Waals surface area (Å²) in [6.07, 6.45) is 13.9. The van der Waals surface area contributed by atoms with Crippen molar-refractivity contribution in [1.82, 2.24) is 0 Å². The first kappa shape index (κ1) is 13.2. The van der Waals surface area contributed by atoms with Crippen LogP contribution >= 0.6 is 15.9 Å². The van der Waals surface area contributed by atoms with Gasteiger partial charge in [-0.05, 0) is 19.3 Å². The van der Waals surface area contributed by atoms with Gasteiger partial charge in [0.2, 0.25) is 0 Å². The van der Waals surface area contributed by atoms with Crippen molar-refractivity contribution in [3.05, 3.63) is 12.2 Å². The van der Waals surface area contributed by atoms with E-state index in [1.165, 1.54) is 44.9 Å². The Balaban J connectivity index is 3.20. The fourth-order valence-electron chi connectivity index (χ4n) is 1.30.